The monoisotopic (exact) mass is 920 g/mol. The van der Waals surface area contributed by atoms with Crippen LogP contribution in [0.15, 0.2) is 122 Å². The molecule has 5 heterocycles. The molecule has 57 heavy (non-hydrogen) atoms. The zero-order valence-electron chi connectivity index (χ0n) is 34.0. The fourth-order valence-corrected chi connectivity index (χ4v) is 9.42. The van der Waals surface area contributed by atoms with Crippen LogP contribution in [0, 0.1) is 17.5 Å². The summed E-state index contributed by atoms with van der Waals surface area (Å²) in [5.74, 6) is 0.331. The molecule has 0 saturated heterocycles. The van der Waals surface area contributed by atoms with Crippen LogP contribution in [-0.4, -0.2) is 18.9 Å². The molecule has 1 aliphatic carbocycles. The molecule has 0 amide bonds. The second-order valence-electron chi connectivity index (χ2n) is 17.7. The number of nitrogens with zero attached hydrogens (tertiary/aromatic N) is 4. The summed E-state index contributed by atoms with van der Waals surface area (Å²) in [4.78, 5) is 9.83. The van der Waals surface area contributed by atoms with Crippen molar-refractivity contribution in [1.29, 1.82) is 0 Å². The molecule has 0 aliphatic heterocycles. The van der Waals surface area contributed by atoms with Gasteiger partial charge in [0.1, 0.15) is 5.82 Å². The maximum absolute atomic E-state index is 9.52. The molecule has 11 rings (SSSR count). The van der Waals surface area contributed by atoms with Gasteiger partial charge in [-0.25, -0.2) is 10.5 Å². The molecule has 1 fully saturated rings. The van der Waals surface area contributed by atoms with Crippen LogP contribution in [0.5, 0.6) is 0 Å². The third-order valence-corrected chi connectivity index (χ3v) is 12.6. The van der Waals surface area contributed by atoms with Gasteiger partial charge in [-0.3, -0.25) is 4.98 Å². The van der Waals surface area contributed by atoms with E-state index in [0.29, 0.717) is 5.41 Å². The molecule has 5 aromatic heterocycles. The van der Waals surface area contributed by atoms with E-state index < -0.39 is 5.89 Å². The molecule has 5 heteroatoms. The average Bonchev–Trinajstić information content (AvgIpc) is 3.86. The second-order valence-corrected chi connectivity index (χ2v) is 17.7. The van der Waals surface area contributed by atoms with Crippen LogP contribution in [-0.2, 0) is 26.5 Å². The van der Waals surface area contributed by atoms with Gasteiger partial charge in [0, 0.05) is 46.5 Å². The smallest absolute Gasteiger partial charge is 0.313 e. The van der Waals surface area contributed by atoms with E-state index in [9.17, 15) is 1.37 Å². The van der Waals surface area contributed by atoms with Crippen LogP contribution >= 0.6 is 0 Å². The second kappa shape index (κ2) is 13.1. The van der Waals surface area contributed by atoms with Gasteiger partial charge in [-0.1, -0.05) is 82.5 Å². The van der Waals surface area contributed by atoms with E-state index in [1.165, 1.54) is 38.1 Å². The molecule has 1 saturated carbocycles. The van der Waals surface area contributed by atoms with Gasteiger partial charge in [0.2, 0.25) is 0 Å². The Balaban J connectivity index is 0.00000408. The summed E-state index contributed by atoms with van der Waals surface area (Å²) in [5, 5.41) is 7.12. The topological polar surface area (TPSA) is 35.1 Å². The SMILES string of the molecule is [2H]C1(c2ccc3c(c2)c2cccc4c5c(-c6[c-]c(-c7[c-]c8c(cc7)c7cc(C(C)(C)C)ccc7n8-c7ccccn7)ccc6)nccc5n3c24)CCC(C)(C)CC1.[Pt+2]. The Hall–Kier alpha value is -5.31. The van der Waals surface area contributed by atoms with Crippen molar-refractivity contribution in [2.45, 2.75) is 71.6 Å². The maximum atomic E-state index is 9.52. The van der Waals surface area contributed by atoms with Crippen LogP contribution in [0.25, 0.3) is 88.1 Å². The van der Waals surface area contributed by atoms with Crippen molar-refractivity contribution in [2.75, 3.05) is 0 Å². The van der Waals surface area contributed by atoms with Crippen molar-refractivity contribution in [2.24, 2.45) is 5.41 Å². The van der Waals surface area contributed by atoms with Gasteiger partial charge in [0.25, 0.3) is 0 Å². The van der Waals surface area contributed by atoms with E-state index in [1.807, 2.05) is 24.5 Å². The van der Waals surface area contributed by atoms with Gasteiger partial charge in [0.05, 0.1) is 16.6 Å². The van der Waals surface area contributed by atoms with Gasteiger partial charge in [0.15, 0.2) is 0 Å². The average molecular weight is 921 g/mol. The number of hydrogen-bond donors (Lipinski definition) is 0. The number of benzene rings is 5. The fraction of sp³-hybridized carbons (Fsp3) is 0.231. The number of pyridine rings is 2. The molecule has 10 aromatic rings. The summed E-state index contributed by atoms with van der Waals surface area (Å²) in [6.07, 6.45) is 7.77. The predicted octanol–water partition coefficient (Wildman–Crippen LogP) is 13.6. The van der Waals surface area contributed by atoms with Crippen molar-refractivity contribution < 1.29 is 22.4 Å². The molecule has 0 radical (unpaired) electrons. The minimum Gasteiger partial charge on any atom is -0.313 e. The largest absolute Gasteiger partial charge is 2.00 e. The van der Waals surface area contributed by atoms with E-state index in [-0.39, 0.29) is 26.5 Å². The summed E-state index contributed by atoms with van der Waals surface area (Å²) >= 11 is 0. The summed E-state index contributed by atoms with van der Waals surface area (Å²) in [6, 6.07) is 46.8. The molecule has 0 spiro atoms. The van der Waals surface area contributed by atoms with E-state index in [0.717, 1.165) is 86.8 Å². The Kier molecular flexibility index (Phi) is 8.03. The third-order valence-electron chi connectivity index (χ3n) is 12.6. The van der Waals surface area contributed by atoms with Crippen molar-refractivity contribution in [3.8, 4) is 28.2 Å². The van der Waals surface area contributed by atoms with Gasteiger partial charge >= 0.3 is 21.1 Å². The molecule has 1 aliphatic rings. The van der Waals surface area contributed by atoms with Gasteiger partial charge < -0.3 is 8.97 Å². The zero-order chi connectivity index (χ0) is 38.8. The van der Waals surface area contributed by atoms with Gasteiger partial charge in [-0.05, 0) is 101 Å². The third kappa shape index (κ3) is 5.66. The molecular weight excluding hydrogens is 876 g/mol. The summed E-state index contributed by atoms with van der Waals surface area (Å²) in [7, 11) is 0. The number of aromatic nitrogens is 4. The predicted molar refractivity (Wildman–Crippen MR) is 233 cm³/mol. The first kappa shape index (κ1) is 34.9. The number of hydrogen-bond acceptors (Lipinski definition) is 2. The van der Waals surface area contributed by atoms with Crippen LogP contribution in [0.2, 0.25) is 0 Å². The normalized spacial score (nSPS) is 15.9. The van der Waals surface area contributed by atoms with Gasteiger partial charge in [-0.2, -0.15) is 29.8 Å². The molecule has 0 bridgehead atoms. The molecule has 0 N–H and O–H groups in total. The molecule has 4 nitrogen and oxygen atoms in total. The first-order valence-electron chi connectivity index (χ1n) is 20.5. The number of rotatable bonds is 4. The van der Waals surface area contributed by atoms with Crippen LogP contribution in [0.3, 0.4) is 0 Å². The molecule has 0 atom stereocenters. The summed E-state index contributed by atoms with van der Waals surface area (Å²) < 4.78 is 14.2. The minimum absolute atomic E-state index is 0. The molecule has 0 unspecified atom stereocenters. The summed E-state index contributed by atoms with van der Waals surface area (Å²) in [6.45, 7) is 11.5. The molecular formula is C52H44N4Pt. The summed E-state index contributed by atoms with van der Waals surface area (Å²) in [5.41, 5.74) is 12.2. The Bertz CT molecular complexity index is 3210. The number of para-hydroxylation sites is 1. The van der Waals surface area contributed by atoms with E-state index >= 15 is 0 Å². The van der Waals surface area contributed by atoms with E-state index in [2.05, 4.69) is 153 Å². The Labute approximate surface area is 349 Å². The van der Waals surface area contributed by atoms with E-state index in [4.69, 9.17) is 9.97 Å². The van der Waals surface area contributed by atoms with Crippen molar-refractivity contribution in [3.63, 3.8) is 0 Å². The van der Waals surface area contributed by atoms with Crippen molar-refractivity contribution in [1.82, 2.24) is 18.9 Å². The Morgan fingerprint density at radius 3 is 2.23 bits per heavy atom. The van der Waals surface area contributed by atoms with Gasteiger partial charge in [-0.15, -0.1) is 23.8 Å². The standard InChI is InChI=1S/C52H44N4.Pt/c1-51(2,3)37-17-20-43-42(31-37)38-18-15-35(30-46(38)55(43)47-14-6-7-26-53-47)33-10-8-11-36(28-33)49-48-40-13-9-12-39-41-29-34(32-21-24-52(4,5)25-22-32)16-19-44(41)56(50(39)40)45(48)23-27-54-49;/h6-20,23,26-27,29,31-32H,21-22,24-25H2,1-5H3;/q-2;+2/i32D;. The molecule has 282 valence electrons. The first-order valence-corrected chi connectivity index (χ1v) is 20.0. The van der Waals surface area contributed by atoms with Crippen LogP contribution < -0.4 is 0 Å². The Morgan fingerprint density at radius 1 is 0.667 bits per heavy atom. The van der Waals surface area contributed by atoms with Crippen molar-refractivity contribution >= 4 is 59.9 Å². The minimum atomic E-state index is -0.539. The first-order chi connectivity index (χ1) is 27.5. The number of fused-ring (bicyclic) bond motifs is 9. The van der Waals surface area contributed by atoms with E-state index in [1.54, 1.807) is 0 Å². The Morgan fingerprint density at radius 2 is 1.42 bits per heavy atom. The van der Waals surface area contributed by atoms with Crippen molar-refractivity contribution in [3.05, 3.63) is 145 Å². The zero-order valence-corrected chi connectivity index (χ0v) is 35.3. The molecule has 5 aromatic carbocycles. The quantitative estimate of drug-likeness (QED) is 0.165. The maximum Gasteiger partial charge on any atom is 2.00 e. The van der Waals surface area contributed by atoms with Crippen LogP contribution in [0.1, 0.15) is 78.7 Å². The fourth-order valence-electron chi connectivity index (χ4n) is 9.42. The van der Waals surface area contributed by atoms with Crippen LogP contribution in [0.4, 0.5) is 0 Å².